The Hall–Kier alpha value is -1.23. The van der Waals surface area contributed by atoms with Gasteiger partial charge in [0.05, 0.1) is 0 Å². The van der Waals surface area contributed by atoms with E-state index in [9.17, 15) is 9.59 Å². The van der Waals surface area contributed by atoms with E-state index >= 15 is 0 Å². The van der Waals surface area contributed by atoms with Gasteiger partial charge in [-0.3, -0.25) is 9.59 Å². The van der Waals surface area contributed by atoms with E-state index in [1.165, 1.54) is 0 Å². The van der Waals surface area contributed by atoms with Crippen molar-refractivity contribution in [3.05, 3.63) is 28.5 Å². The molecule has 4 nitrogen and oxygen atoms in total. The zero-order valence-corrected chi connectivity index (χ0v) is 11.8. The minimum Gasteiger partial charge on any atom is -0.337 e. The molecule has 1 amide bonds. The van der Waals surface area contributed by atoms with E-state index in [1.54, 1.807) is 30.3 Å². The molecule has 1 aliphatic carbocycles. The highest BCUT2D eigenvalue weighted by atomic mass is 79.9. The average molecular weight is 311 g/mol. The maximum atomic E-state index is 12.2. The van der Waals surface area contributed by atoms with Gasteiger partial charge in [0.2, 0.25) is 0 Å². The molecule has 0 N–H and O–H groups in total. The third-order valence-corrected chi connectivity index (χ3v) is 3.80. The van der Waals surface area contributed by atoms with Crippen LogP contribution < -0.4 is 0 Å². The summed E-state index contributed by atoms with van der Waals surface area (Å²) in [4.78, 5) is 29.2. The molecule has 1 aliphatic rings. The molecule has 1 heterocycles. The van der Waals surface area contributed by atoms with Crippen LogP contribution in [0.5, 0.6) is 0 Å². The second-order valence-corrected chi connectivity index (χ2v) is 5.46. The molecule has 0 bridgehead atoms. The zero-order chi connectivity index (χ0) is 13.1. The van der Waals surface area contributed by atoms with Gasteiger partial charge < -0.3 is 4.90 Å². The first-order valence-electron chi connectivity index (χ1n) is 5.98. The molecule has 1 fully saturated rings. The molecule has 0 saturated heterocycles. The van der Waals surface area contributed by atoms with Crippen molar-refractivity contribution in [2.75, 3.05) is 7.05 Å². The van der Waals surface area contributed by atoms with Crippen LogP contribution in [0.15, 0.2) is 22.8 Å². The lowest BCUT2D eigenvalue weighted by atomic mass is 9.93. The van der Waals surface area contributed by atoms with Crippen LogP contribution in [0.25, 0.3) is 0 Å². The number of carbonyl (C=O) groups excluding carboxylic acids is 2. The second-order valence-electron chi connectivity index (χ2n) is 4.55. The first-order valence-corrected chi connectivity index (χ1v) is 6.77. The monoisotopic (exact) mass is 310 g/mol. The summed E-state index contributed by atoms with van der Waals surface area (Å²) < 4.78 is 0.852. The van der Waals surface area contributed by atoms with E-state index in [4.69, 9.17) is 0 Å². The molecule has 0 spiro atoms. The fourth-order valence-electron chi connectivity index (χ4n) is 2.16. The van der Waals surface area contributed by atoms with Gasteiger partial charge in [-0.05, 0) is 40.9 Å². The minimum atomic E-state index is -0.0816. The maximum Gasteiger partial charge on any atom is 0.272 e. The lowest BCUT2D eigenvalue weighted by Gasteiger charge is -2.30. The number of hydrogen-bond acceptors (Lipinski definition) is 3. The number of pyridine rings is 1. The zero-order valence-electron chi connectivity index (χ0n) is 10.2. The van der Waals surface area contributed by atoms with Gasteiger partial charge in [0.15, 0.2) is 0 Å². The quantitative estimate of drug-likeness (QED) is 0.843. The van der Waals surface area contributed by atoms with Crippen LogP contribution in [0, 0.1) is 0 Å². The summed E-state index contributed by atoms with van der Waals surface area (Å²) in [6, 6.07) is 3.66. The highest BCUT2D eigenvalue weighted by molar-refractivity contribution is 9.10. The largest absolute Gasteiger partial charge is 0.337 e. The number of amides is 1. The van der Waals surface area contributed by atoms with E-state index < -0.39 is 0 Å². The van der Waals surface area contributed by atoms with Crippen LogP contribution in [0.2, 0.25) is 0 Å². The van der Waals surface area contributed by atoms with Crippen LogP contribution in [0.1, 0.15) is 36.2 Å². The van der Waals surface area contributed by atoms with Gasteiger partial charge >= 0.3 is 0 Å². The third-order valence-electron chi connectivity index (χ3n) is 3.33. The van der Waals surface area contributed by atoms with Crippen molar-refractivity contribution in [2.45, 2.75) is 31.7 Å². The van der Waals surface area contributed by atoms with E-state index in [2.05, 4.69) is 20.9 Å². The molecule has 0 aromatic carbocycles. The molecule has 0 atom stereocenters. The Morgan fingerprint density at radius 1 is 1.39 bits per heavy atom. The number of nitrogens with zero attached hydrogens (tertiary/aromatic N) is 2. The molecule has 2 rings (SSSR count). The topological polar surface area (TPSA) is 50.3 Å². The van der Waals surface area contributed by atoms with E-state index in [1.807, 2.05) is 0 Å². The predicted octanol–water partition coefficient (Wildman–Crippen LogP) is 2.43. The Morgan fingerprint density at radius 3 is 2.61 bits per heavy atom. The second kappa shape index (κ2) is 5.61. The summed E-state index contributed by atoms with van der Waals surface area (Å²) in [5, 5.41) is 0. The molecule has 1 aromatic rings. The lowest BCUT2D eigenvalue weighted by molar-refractivity contribution is -0.121. The number of aromatic nitrogens is 1. The number of ketones is 1. The number of rotatable bonds is 2. The summed E-state index contributed by atoms with van der Waals surface area (Å²) >= 11 is 3.29. The van der Waals surface area contributed by atoms with Crippen LogP contribution in [0.4, 0.5) is 0 Å². The first kappa shape index (κ1) is 13.2. The molecule has 1 aromatic heterocycles. The highest BCUT2D eigenvalue weighted by Gasteiger charge is 2.26. The SMILES string of the molecule is CN(C(=O)c1ccc(Br)cn1)C1CCC(=O)CC1. The number of halogens is 1. The predicted molar refractivity (Wildman–Crippen MR) is 71.3 cm³/mol. The van der Waals surface area contributed by atoms with Crippen molar-refractivity contribution in [1.29, 1.82) is 0 Å². The Morgan fingerprint density at radius 2 is 2.06 bits per heavy atom. The smallest absolute Gasteiger partial charge is 0.272 e. The summed E-state index contributed by atoms with van der Waals surface area (Å²) in [6.45, 7) is 0. The molecule has 0 aliphatic heterocycles. The van der Waals surface area contributed by atoms with Crippen molar-refractivity contribution in [1.82, 2.24) is 9.88 Å². The molecule has 0 unspecified atom stereocenters. The lowest BCUT2D eigenvalue weighted by Crippen LogP contribution is -2.39. The molecular formula is C13H15BrN2O2. The van der Waals surface area contributed by atoms with E-state index in [0.717, 1.165) is 17.3 Å². The van der Waals surface area contributed by atoms with Gasteiger partial charge in [-0.2, -0.15) is 0 Å². The molecule has 18 heavy (non-hydrogen) atoms. The summed E-state index contributed by atoms with van der Waals surface area (Å²) in [5.41, 5.74) is 0.442. The Kier molecular flexibility index (Phi) is 4.11. The molecule has 96 valence electrons. The van der Waals surface area contributed by atoms with Gasteiger partial charge in [-0.1, -0.05) is 0 Å². The number of Topliss-reactive ketones (excluding diaryl/α,β-unsaturated/α-hetero) is 1. The fourth-order valence-corrected chi connectivity index (χ4v) is 2.40. The van der Waals surface area contributed by atoms with Crippen LogP contribution in [-0.2, 0) is 4.79 Å². The van der Waals surface area contributed by atoms with E-state index in [-0.39, 0.29) is 11.9 Å². The van der Waals surface area contributed by atoms with Crippen LogP contribution in [0.3, 0.4) is 0 Å². The fraction of sp³-hybridized carbons (Fsp3) is 0.462. The maximum absolute atomic E-state index is 12.2. The third kappa shape index (κ3) is 2.96. The van der Waals surface area contributed by atoms with Gasteiger partial charge in [0.25, 0.3) is 5.91 Å². The Balaban J connectivity index is 2.04. The van der Waals surface area contributed by atoms with Crippen LogP contribution >= 0.6 is 15.9 Å². The Bertz CT molecular complexity index is 449. The molecule has 1 saturated carbocycles. The number of carbonyl (C=O) groups is 2. The van der Waals surface area contributed by atoms with Crippen molar-refractivity contribution >= 4 is 27.6 Å². The molecule has 5 heteroatoms. The first-order chi connectivity index (χ1) is 8.58. The van der Waals surface area contributed by atoms with Crippen molar-refractivity contribution < 1.29 is 9.59 Å². The van der Waals surface area contributed by atoms with Gasteiger partial charge in [-0.15, -0.1) is 0 Å². The summed E-state index contributed by atoms with van der Waals surface area (Å²) in [5.74, 6) is 0.218. The summed E-state index contributed by atoms with van der Waals surface area (Å²) in [6.07, 6.45) is 4.30. The van der Waals surface area contributed by atoms with Crippen LogP contribution in [-0.4, -0.2) is 34.7 Å². The minimum absolute atomic E-state index is 0.0816. The molecule has 0 radical (unpaired) electrons. The standard InChI is InChI=1S/C13H15BrN2O2/c1-16(10-3-5-11(17)6-4-10)13(18)12-7-2-9(14)8-15-12/h2,7-8,10H,3-6H2,1H3. The molecular weight excluding hydrogens is 296 g/mol. The van der Waals surface area contributed by atoms with Crippen molar-refractivity contribution in [3.63, 3.8) is 0 Å². The van der Waals surface area contributed by atoms with Gasteiger partial charge in [-0.25, -0.2) is 4.98 Å². The van der Waals surface area contributed by atoms with Gasteiger partial charge in [0, 0.05) is 36.6 Å². The van der Waals surface area contributed by atoms with Crippen molar-refractivity contribution in [3.8, 4) is 0 Å². The number of hydrogen-bond donors (Lipinski definition) is 0. The van der Waals surface area contributed by atoms with Crippen molar-refractivity contribution in [2.24, 2.45) is 0 Å². The van der Waals surface area contributed by atoms with E-state index in [0.29, 0.717) is 24.3 Å². The Labute approximate surface area is 115 Å². The normalized spacial score (nSPS) is 16.7. The van der Waals surface area contributed by atoms with Gasteiger partial charge in [0.1, 0.15) is 11.5 Å². The summed E-state index contributed by atoms with van der Waals surface area (Å²) in [7, 11) is 1.78. The average Bonchev–Trinajstić information content (AvgIpc) is 2.39. The highest BCUT2D eigenvalue weighted by Crippen LogP contribution is 2.20.